The standard InChI is InChI=1S/C11H17NO2S/c1-14-11(13)6-10(7-12)3-2-9-4-5-15-8-9/h4-5,8,10H,2-3,6-7,12H2,1H3. The molecule has 2 N–H and O–H groups in total. The van der Waals surface area contributed by atoms with E-state index >= 15 is 0 Å². The molecule has 0 aliphatic rings. The highest BCUT2D eigenvalue weighted by atomic mass is 32.1. The van der Waals surface area contributed by atoms with Gasteiger partial charge in [0, 0.05) is 6.42 Å². The molecular formula is C11H17NO2S. The average molecular weight is 227 g/mol. The van der Waals surface area contributed by atoms with E-state index in [1.54, 1.807) is 11.3 Å². The lowest BCUT2D eigenvalue weighted by Crippen LogP contribution is -2.19. The number of thiophene rings is 1. The van der Waals surface area contributed by atoms with E-state index in [1.165, 1.54) is 12.7 Å². The van der Waals surface area contributed by atoms with E-state index in [-0.39, 0.29) is 11.9 Å². The van der Waals surface area contributed by atoms with Gasteiger partial charge in [-0.2, -0.15) is 11.3 Å². The lowest BCUT2D eigenvalue weighted by molar-refractivity contribution is -0.141. The minimum Gasteiger partial charge on any atom is -0.469 e. The quantitative estimate of drug-likeness (QED) is 0.754. The van der Waals surface area contributed by atoms with Crippen molar-refractivity contribution in [2.45, 2.75) is 19.3 Å². The van der Waals surface area contributed by atoms with Crippen molar-refractivity contribution in [2.75, 3.05) is 13.7 Å². The first-order valence-electron chi connectivity index (χ1n) is 5.04. The van der Waals surface area contributed by atoms with Crippen LogP contribution in [0, 0.1) is 5.92 Å². The second-order valence-corrected chi connectivity index (χ2v) is 4.33. The van der Waals surface area contributed by atoms with Gasteiger partial charge in [0.05, 0.1) is 7.11 Å². The summed E-state index contributed by atoms with van der Waals surface area (Å²) in [6.07, 6.45) is 2.36. The van der Waals surface area contributed by atoms with Crippen LogP contribution in [0.15, 0.2) is 16.8 Å². The van der Waals surface area contributed by atoms with Gasteiger partial charge in [-0.05, 0) is 47.7 Å². The van der Waals surface area contributed by atoms with Gasteiger partial charge < -0.3 is 10.5 Å². The molecular weight excluding hydrogens is 210 g/mol. The molecule has 0 aromatic carbocycles. The van der Waals surface area contributed by atoms with Gasteiger partial charge >= 0.3 is 5.97 Å². The number of hydrogen-bond acceptors (Lipinski definition) is 4. The third-order valence-electron chi connectivity index (χ3n) is 2.44. The zero-order valence-electron chi connectivity index (χ0n) is 8.94. The monoisotopic (exact) mass is 227 g/mol. The minimum absolute atomic E-state index is 0.171. The molecule has 1 unspecified atom stereocenters. The third-order valence-corrected chi connectivity index (χ3v) is 3.17. The highest BCUT2D eigenvalue weighted by Crippen LogP contribution is 2.15. The summed E-state index contributed by atoms with van der Waals surface area (Å²) in [4.78, 5) is 11.1. The second-order valence-electron chi connectivity index (χ2n) is 3.55. The Balaban J connectivity index is 2.31. The van der Waals surface area contributed by atoms with Crippen molar-refractivity contribution in [3.63, 3.8) is 0 Å². The lowest BCUT2D eigenvalue weighted by atomic mass is 9.98. The van der Waals surface area contributed by atoms with Crippen LogP contribution in [-0.4, -0.2) is 19.6 Å². The fraction of sp³-hybridized carbons (Fsp3) is 0.545. The molecule has 84 valence electrons. The summed E-state index contributed by atoms with van der Waals surface area (Å²) < 4.78 is 4.63. The normalized spacial score (nSPS) is 12.4. The van der Waals surface area contributed by atoms with Crippen molar-refractivity contribution in [1.82, 2.24) is 0 Å². The maximum absolute atomic E-state index is 11.1. The predicted octanol–water partition coefficient (Wildman–Crippen LogP) is 1.82. The van der Waals surface area contributed by atoms with E-state index in [4.69, 9.17) is 5.73 Å². The topological polar surface area (TPSA) is 52.3 Å². The Morgan fingerprint density at radius 3 is 3.00 bits per heavy atom. The molecule has 0 aliphatic carbocycles. The number of carbonyl (C=O) groups is 1. The molecule has 0 spiro atoms. The van der Waals surface area contributed by atoms with Crippen LogP contribution in [0.2, 0.25) is 0 Å². The first kappa shape index (κ1) is 12.2. The predicted molar refractivity (Wildman–Crippen MR) is 61.8 cm³/mol. The van der Waals surface area contributed by atoms with Gasteiger partial charge in [0.2, 0.25) is 0 Å². The van der Waals surface area contributed by atoms with Crippen LogP contribution in [0.3, 0.4) is 0 Å². The van der Waals surface area contributed by atoms with Crippen LogP contribution >= 0.6 is 11.3 Å². The number of carbonyl (C=O) groups excluding carboxylic acids is 1. The van der Waals surface area contributed by atoms with Crippen molar-refractivity contribution < 1.29 is 9.53 Å². The number of hydrogen-bond donors (Lipinski definition) is 1. The smallest absolute Gasteiger partial charge is 0.305 e. The number of ether oxygens (including phenoxy) is 1. The maximum Gasteiger partial charge on any atom is 0.305 e. The van der Waals surface area contributed by atoms with E-state index in [0.717, 1.165) is 12.8 Å². The van der Waals surface area contributed by atoms with Gasteiger partial charge in [-0.1, -0.05) is 0 Å². The summed E-state index contributed by atoms with van der Waals surface area (Å²) in [6.45, 7) is 0.541. The molecule has 1 heterocycles. The van der Waals surface area contributed by atoms with Crippen LogP contribution in [-0.2, 0) is 16.0 Å². The number of aryl methyl sites for hydroxylation is 1. The van der Waals surface area contributed by atoms with Gasteiger partial charge in [0.15, 0.2) is 0 Å². The summed E-state index contributed by atoms with van der Waals surface area (Å²) in [7, 11) is 1.41. The first-order valence-corrected chi connectivity index (χ1v) is 5.98. The van der Waals surface area contributed by atoms with Crippen LogP contribution in [0.4, 0.5) is 0 Å². The van der Waals surface area contributed by atoms with E-state index < -0.39 is 0 Å². The molecule has 0 saturated heterocycles. The number of methoxy groups -OCH3 is 1. The SMILES string of the molecule is COC(=O)CC(CN)CCc1ccsc1. The summed E-state index contributed by atoms with van der Waals surface area (Å²) in [5, 5.41) is 4.19. The van der Waals surface area contributed by atoms with Crippen molar-refractivity contribution >= 4 is 17.3 Å². The Morgan fingerprint density at radius 1 is 1.67 bits per heavy atom. The Morgan fingerprint density at radius 2 is 2.47 bits per heavy atom. The van der Waals surface area contributed by atoms with Crippen molar-refractivity contribution in [2.24, 2.45) is 11.7 Å². The van der Waals surface area contributed by atoms with E-state index in [0.29, 0.717) is 13.0 Å². The van der Waals surface area contributed by atoms with Gasteiger partial charge in [-0.25, -0.2) is 0 Å². The van der Waals surface area contributed by atoms with Gasteiger partial charge in [-0.3, -0.25) is 4.79 Å². The average Bonchev–Trinajstić information content (AvgIpc) is 2.76. The molecule has 1 aromatic rings. The molecule has 0 aliphatic heterocycles. The summed E-state index contributed by atoms with van der Waals surface area (Å²) >= 11 is 1.69. The third kappa shape index (κ3) is 4.44. The largest absolute Gasteiger partial charge is 0.469 e. The van der Waals surface area contributed by atoms with E-state index in [2.05, 4.69) is 21.6 Å². The zero-order valence-corrected chi connectivity index (χ0v) is 9.76. The molecule has 0 radical (unpaired) electrons. The van der Waals surface area contributed by atoms with Crippen molar-refractivity contribution in [3.05, 3.63) is 22.4 Å². The molecule has 15 heavy (non-hydrogen) atoms. The summed E-state index contributed by atoms with van der Waals surface area (Å²) in [5.41, 5.74) is 6.93. The van der Waals surface area contributed by atoms with E-state index in [1.807, 2.05) is 0 Å². The second kappa shape index (κ2) is 6.58. The van der Waals surface area contributed by atoms with Gasteiger partial charge in [0.25, 0.3) is 0 Å². The van der Waals surface area contributed by atoms with Crippen LogP contribution in [0.5, 0.6) is 0 Å². The molecule has 1 rings (SSSR count). The zero-order chi connectivity index (χ0) is 11.1. The fourth-order valence-corrected chi connectivity index (χ4v) is 2.13. The van der Waals surface area contributed by atoms with Crippen LogP contribution in [0.25, 0.3) is 0 Å². The molecule has 0 saturated carbocycles. The molecule has 1 atom stereocenters. The van der Waals surface area contributed by atoms with Crippen molar-refractivity contribution in [3.8, 4) is 0 Å². The number of rotatable bonds is 6. The van der Waals surface area contributed by atoms with Gasteiger partial charge in [-0.15, -0.1) is 0 Å². The molecule has 0 amide bonds. The lowest BCUT2D eigenvalue weighted by Gasteiger charge is -2.12. The fourth-order valence-electron chi connectivity index (χ4n) is 1.43. The number of nitrogens with two attached hydrogens (primary N) is 1. The summed E-state index contributed by atoms with van der Waals surface area (Å²) in [5.74, 6) is 0.0631. The molecule has 4 heteroatoms. The molecule has 1 aromatic heterocycles. The van der Waals surface area contributed by atoms with Gasteiger partial charge in [0.1, 0.15) is 0 Å². The Kier molecular flexibility index (Phi) is 5.36. The summed E-state index contributed by atoms with van der Waals surface area (Å²) in [6, 6.07) is 2.11. The Bertz CT molecular complexity index is 285. The molecule has 0 fully saturated rings. The molecule has 3 nitrogen and oxygen atoms in total. The highest BCUT2D eigenvalue weighted by Gasteiger charge is 2.12. The van der Waals surface area contributed by atoms with E-state index in [9.17, 15) is 4.79 Å². The first-order chi connectivity index (χ1) is 7.26. The highest BCUT2D eigenvalue weighted by molar-refractivity contribution is 7.07. The Labute approximate surface area is 94.2 Å². The van der Waals surface area contributed by atoms with Crippen molar-refractivity contribution in [1.29, 1.82) is 0 Å². The van der Waals surface area contributed by atoms with Crippen LogP contribution < -0.4 is 5.73 Å². The molecule has 0 bridgehead atoms. The van der Waals surface area contributed by atoms with Crippen LogP contribution in [0.1, 0.15) is 18.4 Å². The maximum atomic E-state index is 11.1. The number of esters is 1. The Hall–Kier alpha value is -0.870. The minimum atomic E-state index is -0.171.